The number of aromatic hydroxyl groups is 1. The first-order valence-electron chi connectivity index (χ1n) is 3.93. The van der Waals surface area contributed by atoms with Crippen molar-refractivity contribution in [1.82, 2.24) is 0 Å². The van der Waals surface area contributed by atoms with Gasteiger partial charge in [0, 0.05) is 6.07 Å². The third kappa shape index (κ3) is 3.36. The van der Waals surface area contributed by atoms with Gasteiger partial charge in [-0.05, 0) is 12.1 Å². The molecule has 0 radical (unpaired) electrons. The highest BCUT2D eigenvalue weighted by molar-refractivity contribution is 7.92. The van der Waals surface area contributed by atoms with Gasteiger partial charge in [0.15, 0.2) is 0 Å². The van der Waals surface area contributed by atoms with Crippen LogP contribution in [0.3, 0.4) is 0 Å². The maximum atomic E-state index is 11.1. The summed E-state index contributed by atoms with van der Waals surface area (Å²) in [6.45, 7) is 0. The number of anilines is 1. The summed E-state index contributed by atoms with van der Waals surface area (Å²) in [5.41, 5.74) is -0.206. The molecule has 0 saturated carbocycles. The summed E-state index contributed by atoms with van der Waals surface area (Å²) in [5.74, 6) is -0.330. The van der Waals surface area contributed by atoms with E-state index in [1.54, 1.807) is 0 Å². The fourth-order valence-electron chi connectivity index (χ4n) is 1.03. The Morgan fingerprint density at radius 3 is 2.25 bits per heavy atom. The van der Waals surface area contributed by atoms with Crippen molar-refractivity contribution in [3.05, 3.63) is 18.2 Å². The second kappa shape index (κ2) is 3.92. The number of phenolic OH excluding ortho intramolecular Hbond substituents is 1. The monoisotopic (exact) mass is 266 g/mol. The fourth-order valence-corrected chi connectivity index (χ4v) is 2.38. The number of sulfonamides is 2. The van der Waals surface area contributed by atoms with E-state index in [1.165, 1.54) is 0 Å². The second-order valence-electron chi connectivity index (χ2n) is 3.10. The molecule has 0 bridgehead atoms. The normalized spacial score (nSPS) is 12.4. The first kappa shape index (κ1) is 12.7. The Kier molecular flexibility index (Phi) is 3.13. The average Bonchev–Trinajstić information content (AvgIpc) is 2.04. The maximum Gasteiger partial charge on any atom is 0.240 e. The van der Waals surface area contributed by atoms with Crippen LogP contribution in [0.4, 0.5) is 5.69 Å². The summed E-state index contributed by atoms with van der Waals surface area (Å²) in [7, 11) is -7.74. The van der Waals surface area contributed by atoms with E-state index in [1.807, 2.05) is 4.72 Å². The van der Waals surface area contributed by atoms with E-state index in [4.69, 9.17) is 10.2 Å². The van der Waals surface area contributed by atoms with Crippen LogP contribution in [0.15, 0.2) is 23.1 Å². The smallest absolute Gasteiger partial charge is 0.240 e. The molecular weight excluding hydrogens is 256 g/mol. The Balaban J connectivity index is 3.41. The van der Waals surface area contributed by atoms with Crippen LogP contribution in [0.5, 0.6) is 5.75 Å². The van der Waals surface area contributed by atoms with Gasteiger partial charge in [-0.2, -0.15) is 0 Å². The van der Waals surface area contributed by atoms with Gasteiger partial charge in [0.05, 0.1) is 11.9 Å². The van der Waals surface area contributed by atoms with E-state index in [0.29, 0.717) is 0 Å². The summed E-state index contributed by atoms with van der Waals surface area (Å²) in [4.78, 5) is -0.488. The maximum absolute atomic E-state index is 11.1. The fraction of sp³-hybridized carbons (Fsp3) is 0.143. The summed E-state index contributed by atoms with van der Waals surface area (Å²) in [5, 5.41) is 14.0. The number of primary sulfonamides is 1. The second-order valence-corrected chi connectivity index (χ2v) is 6.38. The topological polar surface area (TPSA) is 127 Å². The van der Waals surface area contributed by atoms with E-state index in [0.717, 1.165) is 24.5 Å². The molecule has 1 rings (SSSR count). The number of nitrogens with two attached hydrogens (primary N) is 1. The molecule has 0 aliphatic carbocycles. The zero-order chi connectivity index (χ0) is 12.6. The van der Waals surface area contributed by atoms with Crippen LogP contribution in [0, 0.1) is 0 Å². The van der Waals surface area contributed by atoms with Crippen LogP contribution in [-0.4, -0.2) is 28.2 Å². The Hall–Kier alpha value is -1.32. The highest BCUT2D eigenvalue weighted by atomic mass is 32.2. The van der Waals surface area contributed by atoms with Gasteiger partial charge in [0.25, 0.3) is 0 Å². The van der Waals surface area contributed by atoms with Crippen molar-refractivity contribution >= 4 is 25.7 Å². The SMILES string of the molecule is CS(=O)(=O)Nc1ccc(O)cc1S(N)(=O)=O. The van der Waals surface area contributed by atoms with Gasteiger partial charge >= 0.3 is 0 Å². The minimum absolute atomic E-state index is 0.206. The molecule has 0 aliphatic rings. The molecule has 16 heavy (non-hydrogen) atoms. The van der Waals surface area contributed by atoms with E-state index in [2.05, 4.69) is 0 Å². The number of hydrogen-bond acceptors (Lipinski definition) is 5. The molecule has 1 aromatic carbocycles. The Morgan fingerprint density at radius 1 is 1.25 bits per heavy atom. The zero-order valence-corrected chi connectivity index (χ0v) is 9.84. The molecule has 0 amide bonds. The van der Waals surface area contributed by atoms with Crippen molar-refractivity contribution in [2.45, 2.75) is 4.90 Å². The summed E-state index contributed by atoms with van der Waals surface area (Å²) >= 11 is 0. The first-order valence-corrected chi connectivity index (χ1v) is 7.37. The number of nitrogens with one attached hydrogen (secondary N) is 1. The molecule has 0 aromatic heterocycles. The molecule has 7 nitrogen and oxygen atoms in total. The highest BCUT2D eigenvalue weighted by Gasteiger charge is 2.17. The van der Waals surface area contributed by atoms with Crippen molar-refractivity contribution in [1.29, 1.82) is 0 Å². The molecule has 0 aliphatic heterocycles. The summed E-state index contributed by atoms with van der Waals surface area (Å²) < 4.78 is 46.1. The Morgan fingerprint density at radius 2 is 1.81 bits per heavy atom. The molecule has 0 atom stereocenters. The van der Waals surface area contributed by atoms with Gasteiger partial charge in [-0.25, -0.2) is 22.0 Å². The van der Waals surface area contributed by atoms with Crippen LogP contribution in [0.1, 0.15) is 0 Å². The molecule has 0 saturated heterocycles. The molecule has 0 unspecified atom stereocenters. The molecular formula is C7H10N2O5S2. The van der Waals surface area contributed by atoms with Crippen LogP contribution < -0.4 is 9.86 Å². The van der Waals surface area contributed by atoms with Crippen molar-refractivity contribution in [3.8, 4) is 5.75 Å². The van der Waals surface area contributed by atoms with Crippen molar-refractivity contribution in [3.63, 3.8) is 0 Å². The lowest BCUT2D eigenvalue weighted by atomic mass is 10.3. The third-order valence-corrected chi connectivity index (χ3v) is 3.11. The van der Waals surface area contributed by atoms with E-state index in [9.17, 15) is 16.8 Å². The predicted octanol–water partition coefficient (Wildman–Crippen LogP) is -0.589. The van der Waals surface area contributed by atoms with Crippen LogP contribution in [0.2, 0.25) is 0 Å². The minimum Gasteiger partial charge on any atom is -0.508 e. The van der Waals surface area contributed by atoms with Gasteiger partial charge in [-0.15, -0.1) is 0 Å². The lowest BCUT2D eigenvalue weighted by molar-refractivity contribution is 0.473. The third-order valence-electron chi connectivity index (χ3n) is 1.57. The van der Waals surface area contributed by atoms with Crippen LogP contribution in [0.25, 0.3) is 0 Å². The largest absolute Gasteiger partial charge is 0.508 e. The van der Waals surface area contributed by atoms with Crippen molar-refractivity contribution in [2.75, 3.05) is 11.0 Å². The Bertz CT molecular complexity index is 606. The number of benzene rings is 1. The number of phenols is 1. The molecule has 9 heteroatoms. The first-order chi connectivity index (χ1) is 7.09. The number of hydrogen-bond donors (Lipinski definition) is 3. The summed E-state index contributed by atoms with van der Waals surface area (Å²) in [6, 6.07) is 3.11. The minimum atomic E-state index is -4.12. The molecule has 1 aromatic rings. The predicted molar refractivity (Wildman–Crippen MR) is 57.9 cm³/mol. The van der Waals surface area contributed by atoms with E-state index < -0.39 is 24.9 Å². The van der Waals surface area contributed by atoms with Crippen molar-refractivity contribution < 1.29 is 21.9 Å². The van der Waals surface area contributed by atoms with E-state index >= 15 is 0 Å². The van der Waals surface area contributed by atoms with Crippen LogP contribution in [-0.2, 0) is 20.0 Å². The molecule has 0 spiro atoms. The van der Waals surface area contributed by atoms with Gasteiger partial charge in [-0.3, -0.25) is 4.72 Å². The van der Waals surface area contributed by atoms with Crippen LogP contribution >= 0.6 is 0 Å². The molecule has 4 N–H and O–H groups in total. The number of rotatable bonds is 3. The molecule has 90 valence electrons. The van der Waals surface area contributed by atoms with Gasteiger partial charge in [0.2, 0.25) is 20.0 Å². The Labute approximate surface area is 93.0 Å². The lowest BCUT2D eigenvalue weighted by Crippen LogP contribution is -2.17. The van der Waals surface area contributed by atoms with Gasteiger partial charge in [-0.1, -0.05) is 0 Å². The van der Waals surface area contributed by atoms with Gasteiger partial charge < -0.3 is 5.11 Å². The lowest BCUT2D eigenvalue weighted by Gasteiger charge is -2.09. The highest BCUT2D eigenvalue weighted by Crippen LogP contribution is 2.25. The molecule has 0 heterocycles. The zero-order valence-electron chi connectivity index (χ0n) is 8.21. The standard InChI is InChI=1S/C7H10N2O5S2/c1-15(11,12)9-6-3-2-5(10)4-7(6)16(8,13)14/h2-4,9-10H,1H3,(H2,8,13,14). The van der Waals surface area contributed by atoms with Gasteiger partial charge in [0.1, 0.15) is 10.6 Å². The van der Waals surface area contributed by atoms with Crippen molar-refractivity contribution in [2.24, 2.45) is 5.14 Å². The summed E-state index contributed by atoms with van der Waals surface area (Å²) in [6.07, 6.45) is 0.868. The molecule has 0 fully saturated rings. The average molecular weight is 266 g/mol. The van der Waals surface area contributed by atoms with E-state index in [-0.39, 0.29) is 11.4 Å². The quantitative estimate of drug-likeness (QED) is 0.630.